The Balaban J connectivity index is 1.23. The summed E-state index contributed by atoms with van der Waals surface area (Å²) in [5, 5.41) is 16.1. The van der Waals surface area contributed by atoms with E-state index in [2.05, 4.69) is 127 Å². The molecule has 2 spiro atoms. The predicted molar refractivity (Wildman–Crippen MR) is 239 cm³/mol. The SMILES string of the molecule is CC1CCC/C=C/c2c(C#N)cc3c(c21)c1c2c(cc4c5cc6c(cc5n3c41)C(=O)C1CCC6C3(CCCC3)C1)-c1ccccc1C21c2ccccc2-c2ccccc21. The molecule has 15 rings (SSSR count). The normalized spacial score (nSPS) is 23.3. The molecule has 3 unspecified atom stereocenters. The highest BCUT2D eigenvalue weighted by Gasteiger charge is 2.54. The van der Waals surface area contributed by atoms with Crippen LogP contribution in [0.5, 0.6) is 0 Å². The van der Waals surface area contributed by atoms with Gasteiger partial charge in [0.05, 0.1) is 33.6 Å². The number of hydrogen-bond acceptors (Lipinski definition) is 2. The largest absolute Gasteiger partial charge is 0.308 e. The van der Waals surface area contributed by atoms with Gasteiger partial charge in [-0.2, -0.15) is 5.26 Å². The standard InChI is InChI=1S/C56H44N2O/c1-31-13-3-2-4-14-34-33(30-57)25-48-50(49(31)34)51-52-40(37-17-7-10-20-46(37)56(52)44-18-8-5-15-35(44)36-16-6-9-19-45(36)56)27-41-39-26-38-42(28-47(39)58(48)53(41)51)54(59)32-21-22-43(38)55(29-32)23-11-12-24-55/h4-10,14-20,25-28,31-32,43H,2-3,11-13,21-24,29H2,1H3/b14-4+. The molecule has 2 saturated carbocycles. The zero-order valence-corrected chi connectivity index (χ0v) is 33.5. The molecule has 2 heterocycles. The lowest BCUT2D eigenvalue weighted by atomic mass is 9.61. The average molecular weight is 761 g/mol. The molecule has 3 heteroatoms. The lowest BCUT2D eigenvalue weighted by molar-refractivity contribution is 0.0759. The summed E-state index contributed by atoms with van der Waals surface area (Å²) in [7, 11) is 0. The first kappa shape index (κ1) is 32.9. The van der Waals surface area contributed by atoms with Crippen molar-refractivity contribution in [3.63, 3.8) is 0 Å². The minimum atomic E-state index is -0.520. The summed E-state index contributed by atoms with van der Waals surface area (Å²) in [6.45, 7) is 2.39. The first-order chi connectivity index (χ1) is 29.0. The number of nitrogens with zero attached hydrogens (tertiary/aromatic N) is 2. The second kappa shape index (κ2) is 11.2. The zero-order valence-electron chi connectivity index (χ0n) is 33.5. The summed E-state index contributed by atoms with van der Waals surface area (Å²) in [6, 6.07) is 39.7. The molecule has 0 N–H and O–H groups in total. The molecule has 0 saturated heterocycles. The molecule has 7 aliphatic carbocycles. The fourth-order valence-electron chi connectivity index (χ4n) is 14.6. The Hall–Kier alpha value is -5.98. The van der Waals surface area contributed by atoms with Crippen molar-refractivity contribution in [1.29, 1.82) is 5.26 Å². The Morgan fingerprint density at radius 3 is 2.12 bits per heavy atom. The van der Waals surface area contributed by atoms with Crippen molar-refractivity contribution >= 4 is 50.0 Å². The van der Waals surface area contributed by atoms with E-state index in [0.717, 1.165) is 66.2 Å². The number of hydrogen-bond donors (Lipinski definition) is 0. The number of aromatic nitrogens is 1. The van der Waals surface area contributed by atoms with Gasteiger partial charge >= 0.3 is 0 Å². The maximum Gasteiger partial charge on any atom is 0.166 e. The van der Waals surface area contributed by atoms with Gasteiger partial charge in [-0.3, -0.25) is 4.79 Å². The number of Topliss-reactive ketones (excluding diaryl/α,β-unsaturated/α-hetero) is 1. The van der Waals surface area contributed by atoms with Gasteiger partial charge in [-0.25, -0.2) is 0 Å². The molecule has 284 valence electrons. The first-order valence-corrected chi connectivity index (χ1v) is 22.3. The fraction of sp³-hybridized carbons (Fsp3) is 0.286. The highest BCUT2D eigenvalue weighted by Crippen LogP contribution is 2.67. The van der Waals surface area contributed by atoms with Gasteiger partial charge in [-0.05, 0) is 154 Å². The van der Waals surface area contributed by atoms with Crippen molar-refractivity contribution < 1.29 is 4.79 Å². The Morgan fingerprint density at radius 2 is 1.41 bits per heavy atom. The third kappa shape index (κ3) is 3.76. The third-order valence-electron chi connectivity index (χ3n) is 16.8. The summed E-state index contributed by atoms with van der Waals surface area (Å²) in [5.74, 6) is 1.18. The maximum absolute atomic E-state index is 14.8. The summed E-state index contributed by atoms with van der Waals surface area (Å²) < 4.78 is 2.51. The van der Waals surface area contributed by atoms with Crippen LogP contribution < -0.4 is 0 Å². The average Bonchev–Trinajstić information content (AvgIpc) is 4.04. The highest BCUT2D eigenvalue weighted by molar-refractivity contribution is 6.29. The molecule has 7 aliphatic rings. The van der Waals surface area contributed by atoms with Crippen LogP contribution in [0.1, 0.15) is 138 Å². The van der Waals surface area contributed by atoms with Crippen LogP contribution in [0, 0.1) is 22.7 Å². The lowest BCUT2D eigenvalue weighted by Crippen LogP contribution is -2.32. The van der Waals surface area contributed by atoms with E-state index in [4.69, 9.17) is 0 Å². The molecule has 2 fully saturated rings. The molecule has 8 aromatic rings. The van der Waals surface area contributed by atoms with Crippen LogP contribution in [0.15, 0.2) is 103 Å². The number of carbonyl (C=O) groups excluding carboxylic acids is 1. The Labute approximate surface area is 344 Å². The second-order valence-corrected chi connectivity index (χ2v) is 19.2. The summed E-state index contributed by atoms with van der Waals surface area (Å²) >= 11 is 0. The molecule has 59 heavy (non-hydrogen) atoms. The highest BCUT2D eigenvalue weighted by atomic mass is 16.1. The minimum absolute atomic E-state index is 0.119. The van der Waals surface area contributed by atoms with E-state index in [1.54, 1.807) is 0 Å². The number of rotatable bonds is 0. The summed E-state index contributed by atoms with van der Waals surface area (Å²) in [6.07, 6.45) is 16.0. The number of allylic oxidation sites excluding steroid dienone is 1. The van der Waals surface area contributed by atoms with Crippen LogP contribution in [-0.4, -0.2) is 10.2 Å². The Kier molecular flexibility index (Phi) is 6.24. The fourth-order valence-corrected chi connectivity index (χ4v) is 14.6. The lowest BCUT2D eigenvalue weighted by Gasteiger charge is -2.42. The maximum atomic E-state index is 14.8. The number of nitriles is 1. The molecule has 2 bridgehead atoms. The van der Waals surface area contributed by atoms with E-state index in [1.807, 2.05) is 0 Å². The predicted octanol–water partition coefficient (Wildman–Crippen LogP) is 14.0. The first-order valence-electron chi connectivity index (χ1n) is 22.3. The number of carbonyl (C=O) groups is 1. The van der Waals surface area contributed by atoms with Crippen LogP contribution in [0.25, 0.3) is 66.4 Å². The van der Waals surface area contributed by atoms with Crippen molar-refractivity contribution in [3.05, 3.63) is 153 Å². The van der Waals surface area contributed by atoms with Gasteiger partial charge in [0.2, 0.25) is 0 Å². The van der Waals surface area contributed by atoms with E-state index in [0.29, 0.717) is 11.7 Å². The molecule has 0 radical (unpaired) electrons. The van der Waals surface area contributed by atoms with Crippen LogP contribution >= 0.6 is 0 Å². The summed E-state index contributed by atoms with van der Waals surface area (Å²) in [5.41, 5.74) is 19.3. The molecule has 0 aliphatic heterocycles. The molecule has 3 nitrogen and oxygen atoms in total. The second-order valence-electron chi connectivity index (χ2n) is 19.2. The van der Waals surface area contributed by atoms with Crippen LogP contribution in [0.3, 0.4) is 0 Å². The van der Waals surface area contributed by atoms with Gasteiger partial charge < -0.3 is 4.40 Å². The molecular formula is C56H44N2O. The molecule has 6 aromatic carbocycles. The van der Waals surface area contributed by atoms with Crippen molar-refractivity contribution in [2.45, 2.75) is 88.4 Å². The minimum Gasteiger partial charge on any atom is -0.308 e. The van der Waals surface area contributed by atoms with Gasteiger partial charge in [0, 0.05) is 33.0 Å². The van der Waals surface area contributed by atoms with E-state index < -0.39 is 5.41 Å². The van der Waals surface area contributed by atoms with Crippen molar-refractivity contribution in [2.75, 3.05) is 0 Å². The van der Waals surface area contributed by atoms with Gasteiger partial charge in [-0.1, -0.05) is 105 Å². The van der Waals surface area contributed by atoms with E-state index in [9.17, 15) is 10.1 Å². The smallest absolute Gasteiger partial charge is 0.166 e. The van der Waals surface area contributed by atoms with Crippen LogP contribution in [0.4, 0.5) is 0 Å². The zero-order chi connectivity index (χ0) is 38.9. The van der Waals surface area contributed by atoms with Gasteiger partial charge in [0.25, 0.3) is 0 Å². The Bertz CT molecular complexity index is 3260. The van der Waals surface area contributed by atoms with Crippen molar-refractivity contribution in [2.24, 2.45) is 11.3 Å². The van der Waals surface area contributed by atoms with E-state index in [-0.39, 0.29) is 17.3 Å². The molecule has 0 amide bonds. The topological polar surface area (TPSA) is 45.3 Å². The number of benzene rings is 6. The van der Waals surface area contributed by atoms with Crippen molar-refractivity contribution in [3.8, 4) is 28.3 Å². The third-order valence-corrected chi connectivity index (χ3v) is 16.8. The molecular weight excluding hydrogens is 717 g/mol. The van der Waals surface area contributed by atoms with E-state index in [1.165, 1.54) is 108 Å². The van der Waals surface area contributed by atoms with Crippen LogP contribution in [0.2, 0.25) is 0 Å². The van der Waals surface area contributed by atoms with Gasteiger partial charge in [0.1, 0.15) is 0 Å². The van der Waals surface area contributed by atoms with E-state index >= 15 is 0 Å². The van der Waals surface area contributed by atoms with Gasteiger partial charge in [0.15, 0.2) is 5.78 Å². The molecule has 3 atom stereocenters. The number of fused-ring (bicyclic) bond motifs is 20. The summed E-state index contributed by atoms with van der Waals surface area (Å²) in [4.78, 5) is 14.8. The monoisotopic (exact) mass is 760 g/mol. The van der Waals surface area contributed by atoms with Crippen LogP contribution in [-0.2, 0) is 5.41 Å². The molecule has 2 aromatic heterocycles. The Morgan fingerprint density at radius 1 is 0.712 bits per heavy atom. The number of ketones is 1. The van der Waals surface area contributed by atoms with Gasteiger partial charge in [-0.15, -0.1) is 0 Å². The van der Waals surface area contributed by atoms with Crippen molar-refractivity contribution in [1.82, 2.24) is 4.40 Å². The quantitative estimate of drug-likeness (QED) is 0.154.